The van der Waals surface area contributed by atoms with Crippen LogP contribution in [-0.4, -0.2) is 51.4 Å². The molecule has 3 amide bonds. The molecular formula is C17H20ClN3O2S2. The molecule has 0 aliphatic carbocycles. The van der Waals surface area contributed by atoms with Crippen LogP contribution in [0.1, 0.15) is 30.9 Å². The van der Waals surface area contributed by atoms with Crippen LogP contribution in [0.15, 0.2) is 24.3 Å². The highest BCUT2D eigenvalue weighted by Crippen LogP contribution is 2.25. The molecule has 3 rings (SSSR count). The Kier molecular flexibility index (Phi) is 6.19. The molecule has 2 fully saturated rings. The van der Waals surface area contributed by atoms with Crippen molar-refractivity contribution in [3.05, 3.63) is 34.9 Å². The van der Waals surface area contributed by atoms with Gasteiger partial charge in [0, 0.05) is 30.4 Å². The third-order valence-electron chi connectivity index (χ3n) is 4.38. The SMILES string of the molecule is O=C1CC(c2cccc(Cl)c2)NC(=O)N1CCSC(=S)N1CCCC1. The highest BCUT2D eigenvalue weighted by Gasteiger charge is 2.32. The van der Waals surface area contributed by atoms with Gasteiger partial charge in [-0.3, -0.25) is 9.69 Å². The molecule has 1 aromatic carbocycles. The number of thioether (sulfide) groups is 1. The zero-order chi connectivity index (χ0) is 17.8. The first-order valence-electron chi connectivity index (χ1n) is 8.32. The number of hydrogen-bond donors (Lipinski definition) is 1. The second kappa shape index (κ2) is 8.38. The van der Waals surface area contributed by atoms with E-state index in [0.29, 0.717) is 17.3 Å². The Morgan fingerprint density at radius 3 is 2.76 bits per heavy atom. The van der Waals surface area contributed by atoms with Gasteiger partial charge in [-0.2, -0.15) is 0 Å². The Balaban J connectivity index is 1.51. The summed E-state index contributed by atoms with van der Waals surface area (Å²) < 4.78 is 0.860. The van der Waals surface area contributed by atoms with Crippen molar-refractivity contribution in [1.29, 1.82) is 0 Å². The molecule has 0 spiro atoms. The Bertz CT molecular complexity index is 662. The number of halogens is 1. The van der Waals surface area contributed by atoms with Crippen LogP contribution in [0.2, 0.25) is 5.02 Å². The summed E-state index contributed by atoms with van der Waals surface area (Å²) in [6.07, 6.45) is 2.60. The van der Waals surface area contributed by atoms with Gasteiger partial charge >= 0.3 is 6.03 Å². The van der Waals surface area contributed by atoms with E-state index in [4.69, 9.17) is 23.8 Å². The maximum atomic E-state index is 12.4. The molecule has 2 aliphatic rings. The monoisotopic (exact) mass is 397 g/mol. The first kappa shape index (κ1) is 18.5. The topological polar surface area (TPSA) is 52.7 Å². The molecular weight excluding hydrogens is 378 g/mol. The number of nitrogens with one attached hydrogen (secondary N) is 1. The van der Waals surface area contributed by atoms with Crippen LogP contribution in [-0.2, 0) is 4.79 Å². The van der Waals surface area contributed by atoms with Crippen LogP contribution in [0.5, 0.6) is 0 Å². The Morgan fingerprint density at radius 1 is 1.32 bits per heavy atom. The van der Waals surface area contributed by atoms with Crippen LogP contribution in [0.3, 0.4) is 0 Å². The zero-order valence-electron chi connectivity index (χ0n) is 13.7. The van der Waals surface area contributed by atoms with E-state index in [9.17, 15) is 9.59 Å². The lowest BCUT2D eigenvalue weighted by Crippen LogP contribution is -2.52. The summed E-state index contributed by atoms with van der Waals surface area (Å²) in [5.74, 6) is 0.456. The lowest BCUT2D eigenvalue weighted by Gasteiger charge is -2.31. The number of benzene rings is 1. The molecule has 0 bridgehead atoms. The second-order valence-electron chi connectivity index (χ2n) is 6.12. The van der Waals surface area contributed by atoms with E-state index < -0.39 is 0 Å². The van der Waals surface area contributed by atoms with Crippen molar-refractivity contribution >= 4 is 51.8 Å². The molecule has 2 saturated heterocycles. The minimum atomic E-state index is -0.353. The lowest BCUT2D eigenvalue weighted by atomic mass is 10.0. The number of hydrogen-bond acceptors (Lipinski definition) is 4. The number of nitrogens with zero attached hydrogens (tertiary/aromatic N) is 2. The summed E-state index contributed by atoms with van der Waals surface area (Å²) in [6.45, 7) is 2.39. The van der Waals surface area contributed by atoms with Gasteiger partial charge in [-0.15, -0.1) is 0 Å². The number of thiocarbonyl (C=S) groups is 1. The van der Waals surface area contributed by atoms with E-state index in [-0.39, 0.29) is 24.4 Å². The Labute approximate surface area is 162 Å². The van der Waals surface area contributed by atoms with E-state index in [1.54, 1.807) is 12.1 Å². The molecule has 1 aromatic rings. The molecule has 25 heavy (non-hydrogen) atoms. The van der Waals surface area contributed by atoms with Crippen LogP contribution in [0, 0.1) is 0 Å². The molecule has 1 unspecified atom stereocenters. The van der Waals surface area contributed by atoms with Gasteiger partial charge in [-0.05, 0) is 30.5 Å². The van der Waals surface area contributed by atoms with Crippen molar-refractivity contribution in [2.45, 2.75) is 25.3 Å². The number of carbonyl (C=O) groups is 2. The predicted molar refractivity (Wildman–Crippen MR) is 105 cm³/mol. The van der Waals surface area contributed by atoms with Crippen molar-refractivity contribution in [2.24, 2.45) is 0 Å². The van der Waals surface area contributed by atoms with Gasteiger partial charge in [0.05, 0.1) is 12.5 Å². The summed E-state index contributed by atoms with van der Waals surface area (Å²) in [5.41, 5.74) is 0.846. The minimum Gasteiger partial charge on any atom is -0.358 e. The second-order valence-corrected chi connectivity index (χ2v) is 8.28. The van der Waals surface area contributed by atoms with Gasteiger partial charge < -0.3 is 10.2 Å². The van der Waals surface area contributed by atoms with E-state index in [1.165, 1.54) is 29.5 Å². The van der Waals surface area contributed by atoms with Gasteiger partial charge in [-0.25, -0.2) is 4.79 Å². The van der Waals surface area contributed by atoms with Crippen molar-refractivity contribution in [2.75, 3.05) is 25.4 Å². The summed E-state index contributed by atoms with van der Waals surface area (Å²) in [4.78, 5) is 28.2. The highest BCUT2D eigenvalue weighted by molar-refractivity contribution is 8.22. The number of imide groups is 1. The van der Waals surface area contributed by atoms with Crippen molar-refractivity contribution in [3.63, 3.8) is 0 Å². The maximum Gasteiger partial charge on any atom is 0.324 e. The average Bonchev–Trinajstić information content (AvgIpc) is 3.11. The molecule has 0 aromatic heterocycles. The molecule has 134 valence electrons. The van der Waals surface area contributed by atoms with Crippen LogP contribution >= 0.6 is 35.6 Å². The highest BCUT2D eigenvalue weighted by atomic mass is 35.5. The van der Waals surface area contributed by atoms with Gasteiger partial charge in [0.25, 0.3) is 0 Å². The number of likely N-dealkylation sites (tertiary alicyclic amines) is 1. The van der Waals surface area contributed by atoms with E-state index in [1.807, 2.05) is 12.1 Å². The summed E-state index contributed by atoms with van der Waals surface area (Å²) in [7, 11) is 0. The number of carbonyl (C=O) groups excluding carboxylic acids is 2. The molecule has 2 heterocycles. The standard InChI is InChI=1S/C17H20ClN3O2S2/c18-13-5-3-4-12(10-13)14-11-15(22)21(16(23)19-14)8-9-25-17(24)20-6-1-2-7-20/h3-5,10,14H,1-2,6-9,11H2,(H,19,23). The van der Waals surface area contributed by atoms with Crippen molar-refractivity contribution < 1.29 is 9.59 Å². The predicted octanol–water partition coefficient (Wildman–Crippen LogP) is 3.44. The molecule has 0 radical (unpaired) electrons. The fourth-order valence-corrected chi connectivity index (χ4v) is 4.49. The number of amides is 3. The van der Waals surface area contributed by atoms with E-state index >= 15 is 0 Å². The quantitative estimate of drug-likeness (QED) is 0.789. The zero-order valence-corrected chi connectivity index (χ0v) is 16.1. The first-order chi connectivity index (χ1) is 12.0. The Hall–Kier alpha value is -1.31. The molecule has 5 nitrogen and oxygen atoms in total. The van der Waals surface area contributed by atoms with Crippen molar-refractivity contribution in [1.82, 2.24) is 15.1 Å². The van der Waals surface area contributed by atoms with Crippen molar-refractivity contribution in [3.8, 4) is 0 Å². The van der Waals surface area contributed by atoms with Gasteiger partial charge in [-0.1, -0.05) is 47.7 Å². The van der Waals surface area contributed by atoms with Gasteiger partial charge in [0.1, 0.15) is 4.32 Å². The molecule has 8 heteroatoms. The average molecular weight is 398 g/mol. The van der Waals surface area contributed by atoms with E-state index in [2.05, 4.69) is 10.2 Å². The van der Waals surface area contributed by atoms with Crippen LogP contribution < -0.4 is 5.32 Å². The maximum absolute atomic E-state index is 12.4. The van der Waals surface area contributed by atoms with Gasteiger partial charge in [0.15, 0.2) is 0 Å². The summed E-state index contributed by atoms with van der Waals surface area (Å²) >= 11 is 12.9. The Morgan fingerprint density at radius 2 is 2.08 bits per heavy atom. The minimum absolute atomic E-state index is 0.165. The third kappa shape index (κ3) is 4.65. The molecule has 1 atom stereocenters. The molecule has 0 saturated carbocycles. The smallest absolute Gasteiger partial charge is 0.324 e. The van der Waals surface area contributed by atoms with Crippen LogP contribution in [0.4, 0.5) is 4.79 Å². The fraction of sp³-hybridized carbons (Fsp3) is 0.471. The van der Waals surface area contributed by atoms with Crippen LogP contribution in [0.25, 0.3) is 0 Å². The van der Waals surface area contributed by atoms with Gasteiger partial charge in [0.2, 0.25) is 5.91 Å². The summed E-state index contributed by atoms with van der Waals surface area (Å²) in [6, 6.07) is 6.55. The summed E-state index contributed by atoms with van der Waals surface area (Å²) in [5, 5.41) is 3.48. The number of urea groups is 1. The van der Waals surface area contributed by atoms with E-state index in [0.717, 1.165) is 23.0 Å². The molecule has 1 N–H and O–H groups in total. The fourth-order valence-electron chi connectivity index (χ4n) is 3.04. The first-order valence-corrected chi connectivity index (χ1v) is 10.1. The number of rotatable bonds is 4. The molecule has 2 aliphatic heterocycles. The normalized spacial score (nSPS) is 20.8. The largest absolute Gasteiger partial charge is 0.358 e. The third-order valence-corrected chi connectivity index (χ3v) is 6.12. The lowest BCUT2D eigenvalue weighted by molar-refractivity contribution is -0.130.